The van der Waals surface area contributed by atoms with Gasteiger partial charge in [0, 0.05) is 13.1 Å². The summed E-state index contributed by atoms with van der Waals surface area (Å²) in [6, 6.07) is 0. The fourth-order valence-corrected chi connectivity index (χ4v) is 0.940. The van der Waals surface area contributed by atoms with Crippen molar-refractivity contribution < 1.29 is 17.9 Å². The number of hydrogen-bond acceptors (Lipinski definition) is 3. The molecule has 0 aliphatic carbocycles. The second kappa shape index (κ2) is 3.59. The molecule has 3 nitrogen and oxygen atoms in total. The third-order valence-electron chi connectivity index (χ3n) is 1.56. The van der Waals surface area contributed by atoms with Crippen molar-refractivity contribution in [2.45, 2.75) is 12.6 Å². The van der Waals surface area contributed by atoms with Crippen LogP contribution in [0.5, 0.6) is 0 Å². The topological polar surface area (TPSA) is 24.5 Å². The Morgan fingerprint density at radius 3 is 2.75 bits per heavy atom. The molecule has 0 aromatic rings. The highest BCUT2D eigenvalue weighted by atomic mass is 19.4. The van der Waals surface area contributed by atoms with Crippen molar-refractivity contribution in [3.63, 3.8) is 0 Å². The predicted molar refractivity (Wildman–Crippen MR) is 35.9 cm³/mol. The third-order valence-corrected chi connectivity index (χ3v) is 1.56. The van der Waals surface area contributed by atoms with Crippen LogP contribution in [0.25, 0.3) is 0 Å². The maximum atomic E-state index is 11.7. The summed E-state index contributed by atoms with van der Waals surface area (Å²) in [5, 5.41) is 2.70. The maximum Gasteiger partial charge on any atom is 0.524 e. The zero-order chi connectivity index (χ0) is 9.19. The molecule has 1 saturated heterocycles. The van der Waals surface area contributed by atoms with Crippen molar-refractivity contribution in [3.05, 3.63) is 6.54 Å². The molecular formula is C6H10F3N2O. The second-order valence-electron chi connectivity index (χ2n) is 2.56. The molecule has 1 N–H and O–H groups in total. The number of alkyl halides is 3. The molecule has 1 aliphatic rings. The van der Waals surface area contributed by atoms with Crippen molar-refractivity contribution in [3.8, 4) is 0 Å². The molecule has 1 unspecified atom stereocenters. The Morgan fingerprint density at radius 1 is 1.58 bits per heavy atom. The van der Waals surface area contributed by atoms with Crippen molar-refractivity contribution in [2.24, 2.45) is 0 Å². The van der Waals surface area contributed by atoms with Crippen LogP contribution in [0, 0.1) is 6.54 Å². The quantitative estimate of drug-likeness (QED) is 0.642. The molecular weight excluding hydrogens is 173 g/mol. The molecule has 71 valence electrons. The zero-order valence-electron chi connectivity index (χ0n) is 6.56. The van der Waals surface area contributed by atoms with E-state index in [0.717, 1.165) is 0 Å². The smallest absolute Gasteiger partial charge is 0.308 e. The summed E-state index contributed by atoms with van der Waals surface area (Å²) in [5.41, 5.74) is 0. The lowest BCUT2D eigenvalue weighted by atomic mass is 10.3. The molecule has 0 bridgehead atoms. The first kappa shape index (κ1) is 9.76. The average Bonchev–Trinajstić information content (AvgIpc) is 1.91. The van der Waals surface area contributed by atoms with Crippen LogP contribution in [0.4, 0.5) is 13.2 Å². The van der Waals surface area contributed by atoms with E-state index in [-0.39, 0.29) is 0 Å². The van der Waals surface area contributed by atoms with Gasteiger partial charge in [-0.3, -0.25) is 9.64 Å². The third kappa shape index (κ3) is 2.96. The van der Waals surface area contributed by atoms with Gasteiger partial charge in [0.2, 0.25) is 0 Å². The van der Waals surface area contributed by atoms with Crippen LogP contribution in [0.3, 0.4) is 0 Å². The van der Waals surface area contributed by atoms with Crippen LogP contribution in [0.1, 0.15) is 0 Å². The van der Waals surface area contributed by atoms with Gasteiger partial charge in [-0.15, -0.1) is 13.2 Å². The first-order valence-electron chi connectivity index (χ1n) is 3.50. The summed E-state index contributed by atoms with van der Waals surface area (Å²) in [7, 11) is 1.58. The van der Waals surface area contributed by atoms with Gasteiger partial charge in [-0.25, -0.2) is 0 Å². The van der Waals surface area contributed by atoms with E-state index in [1.54, 1.807) is 7.05 Å². The molecule has 1 radical (unpaired) electrons. The summed E-state index contributed by atoms with van der Waals surface area (Å²) in [4.78, 5) is 1.48. The molecule has 6 heteroatoms. The first-order valence-corrected chi connectivity index (χ1v) is 3.50. The maximum absolute atomic E-state index is 11.7. The fraction of sp³-hybridized carbons (Fsp3) is 0.833. The Hall–Kier alpha value is -0.330. The Bertz CT molecular complexity index is 150. The van der Waals surface area contributed by atoms with E-state index in [0.29, 0.717) is 13.1 Å². The first-order chi connectivity index (χ1) is 5.49. The SMILES string of the molecule is CN1CCN[CH]C1OC(F)(F)F. The van der Waals surface area contributed by atoms with Gasteiger partial charge in [0.25, 0.3) is 0 Å². The minimum absolute atomic E-state index is 0.539. The molecule has 1 heterocycles. The molecule has 0 aromatic carbocycles. The number of halogens is 3. The van der Waals surface area contributed by atoms with Gasteiger partial charge in [-0.05, 0) is 7.05 Å². The molecule has 0 spiro atoms. The highest BCUT2D eigenvalue weighted by molar-refractivity contribution is 4.80. The second-order valence-corrected chi connectivity index (χ2v) is 2.56. The van der Waals surface area contributed by atoms with Gasteiger partial charge in [0.15, 0.2) is 0 Å². The largest absolute Gasteiger partial charge is 0.524 e. The minimum Gasteiger partial charge on any atom is -0.308 e. The van der Waals surface area contributed by atoms with E-state index in [1.165, 1.54) is 11.4 Å². The molecule has 1 aliphatic heterocycles. The molecule has 0 amide bonds. The van der Waals surface area contributed by atoms with E-state index in [4.69, 9.17) is 0 Å². The minimum atomic E-state index is -4.57. The van der Waals surface area contributed by atoms with Gasteiger partial charge < -0.3 is 5.32 Å². The van der Waals surface area contributed by atoms with Crippen molar-refractivity contribution in [2.75, 3.05) is 20.1 Å². The Labute approximate surface area is 68.5 Å². The van der Waals surface area contributed by atoms with Crippen LogP contribution in [-0.2, 0) is 4.74 Å². The summed E-state index contributed by atoms with van der Waals surface area (Å²) in [6.45, 7) is 2.47. The van der Waals surface area contributed by atoms with E-state index in [9.17, 15) is 13.2 Å². The van der Waals surface area contributed by atoms with E-state index < -0.39 is 12.6 Å². The van der Waals surface area contributed by atoms with Crippen LogP contribution < -0.4 is 5.32 Å². The molecule has 1 atom stereocenters. The summed E-state index contributed by atoms with van der Waals surface area (Å²) in [6.07, 6.45) is -5.59. The van der Waals surface area contributed by atoms with Gasteiger partial charge in [-0.2, -0.15) is 0 Å². The predicted octanol–water partition coefficient (Wildman–Crippen LogP) is 0.546. The Morgan fingerprint density at radius 2 is 2.25 bits per heavy atom. The number of ether oxygens (including phenoxy) is 1. The Balaban J connectivity index is 2.39. The van der Waals surface area contributed by atoms with Crippen LogP contribution in [-0.4, -0.2) is 37.6 Å². The van der Waals surface area contributed by atoms with E-state index in [2.05, 4.69) is 10.1 Å². The number of nitrogens with one attached hydrogen (secondary N) is 1. The Kier molecular flexibility index (Phi) is 2.92. The van der Waals surface area contributed by atoms with Crippen molar-refractivity contribution in [1.29, 1.82) is 0 Å². The number of nitrogens with zero attached hydrogens (tertiary/aromatic N) is 1. The van der Waals surface area contributed by atoms with Gasteiger partial charge in [0.05, 0.1) is 6.54 Å². The van der Waals surface area contributed by atoms with Crippen LogP contribution in [0.2, 0.25) is 0 Å². The van der Waals surface area contributed by atoms with Crippen molar-refractivity contribution in [1.82, 2.24) is 10.2 Å². The summed E-state index contributed by atoms with van der Waals surface area (Å²) in [5.74, 6) is 0. The highest BCUT2D eigenvalue weighted by Gasteiger charge is 2.36. The van der Waals surface area contributed by atoms with E-state index in [1.807, 2.05) is 0 Å². The number of piperazine rings is 1. The molecule has 0 aromatic heterocycles. The van der Waals surface area contributed by atoms with Crippen molar-refractivity contribution >= 4 is 0 Å². The lowest BCUT2D eigenvalue weighted by molar-refractivity contribution is -0.355. The molecule has 12 heavy (non-hydrogen) atoms. The molecule has 0 saturated carbocycles. The lowest BCUT2D eigenvalue weighted by Gasteiger charge is -2.32. The normalized spacial score (nSPS) is 27.5. The zero-order valence-corrected chi connectivity index (χ0v) is 6.56. The fourth-order valence-electron chi connectivity index (χ4n) is 0.940. The van der Waals surface area contributed by atoms with Crippen LogP contribution >= 0.6 is 0 Å². The summed E-state index contributed by atoms with van der Waals surface area (Å²) < 4.78 is 38.9. The molecule has 1 rings (SSSR count). The monoisotopic (exact) mass is 183 g/mol. The average molecular weight is 183 g/mol. The van der Waals surface area contributed by atoms with Gasteiger partial charge in [0.1, 0.15) is 6.23 Å². The number of rotatable bonds is 1. The lowest BCUT2D eigenvalue weighted by Crippen LogP contribution is -2.49. The van der Waals surface area contributed by atoms with Crippen LogP contribution in [0.15, 0.2) is 0 Å². The standard InChI is InChI=1S/C6H10F3N2O/c1-11-3-2-10-4-5(11)12-6(7,8)9/h4-5,10H,2-3H2,1H3. The number of likely N-dealkylation sites (N-methyl/N-ethyl adjacent to an activating group) is 1. The summed E-state index contributed by atoms with van der Waals surface area (Å²) >= 11 is 0. The van der Waals surface area contributed by atoms with Gasteiger partial charge >= 0.3 is 6.36 Å². The van der Waals surface area contributed by atoms with Gasteiger partial charge in [-0.1, -0.05) is 0 Å². The van der Waals surface area contributed by atoms with E-state index >= 15 is 0 Å². The molecule has 1 fully saturated rings. The highest BCUT2D eigenvalue weighted by Crippen LogP contribution is 2.21. The number of hydrogen-bond donors (Lipinski definition) is 1.